The Morgan fingerprint density at radius 3 is 2.04 bits per heavy atom. The lowest BCUT2D eigenvalue weighted by Crippen LogP contribution is -2.16. The Hall–Kier alpha value is -3.37. The number of fused-ring (bicyclic) bond motifs is 1. The fourth-order valence-electron chi connectivity index (χ4n) is 2.70. The lowest BCUT2D eigenvalue weighted by molar-refractivity contribution is -0.274. The standard InChI is InChI=1S/C17H9F6NO4/c18-16(19,20)12-5-9(6-13-11(12)7-14(15(25)26)24(13)27)8-1-3-10(4-2-8)28-17(21,22)23/h1-7,27H,(H,25,26). The number of nitrogens with zero attached hydrogens (tertiary/aromatic N) is 1. The van der Waals surface area contributed by atoms with E-state index < -0.39 is 46.4 Å². The summed E-state index contributed by atoms with van der Waals surface area (Å²) in [5.74, 6) is -2.20. The van der Waals surface area contributed by atoms with Gasteiger partial charge in [-0.2, -0.15) is 17.9 Å². The van der Waals surface area contributed by atoms with Crippen LogP contribution in [-0.2, 0) is 6.18 Å². The molecule has 0 saturated heterocycles. The molecular formula is C17H9F6NO4. The number of aromatic nitrogens is 1. The monoisotopic (exact) mass is 405 g/mol. The minimum absolute atomic E-state index is 0.0938. The number of carbonyl (C=O) groups is 1. The average molecular weight is 405 g/mol. The number of carboxylic acids is 1. The van der Waals surface area contributed by atoms with Crippen molar-refractivity contribution in [2.75, 3.05) is 0 Å². The van der Waals surface area contributed by atoms with Crippen LogP contribution in [0.3, 0.4) is 0 Å². The van der Waals surface area contributed by atoms with Gasteiger partial charge in [-0.15, -0.1) is 13.2 Å². The van der Waals surface area contributed by atoms with Crippen LogP contribution in [0.2, 0.25) is 0 Å². The maximum absolute atomic E-state index is 13.4. The molecular weight excluding hydrogens is 396 g/mol. The lowest BCUT2D eigenvalue weighted by atomic mass is 9.99. The van der Waals surface area contributed by atoms with Crippen LogP contribution >= 0.6 is 0 Å². The van der Waals surface area contributed by atoms with Gasteiger partial charge in [-0.25, -0.2) is 4.79 Å². The van der Waals surface area contributed by atoms with Crippen LogP contribution in [0, 0.1) is 0 Å². The molecule has 148 valence electrons. The zero-order chi connectivity index (χ0) is 20.9. The number of hydrogen-bond donors (Lipinski definition) is 2. The zero-order valence-electron chi connectivity index (χ0n) is 13.5. The smallest absolute Gasteiger partial charge is 0.476 e. The van der Waals surface area contributed by atoms with Crippen molar-refractivity contribution in [3.8, 4) is 16.9 Å². The van der Waals surface area contributed by atoms with Gasteiger partial charge < -0.3 is 15.1 Å². The van der Waals surface area contributed by atoms with E-state index >= 15 is 0 Å². The molecule has 0 spiro atoms. The molecule has 1 aromatic heterocycles. The highest BCUT2D eigenvalue weighted by Crippen LogP contribution is 2.39. The maximum Gasteiger partial charge on any atom is 0.573 e. The van der Waals surface area contributed by atoms with Crippen LogP contribution in [-0.4, -0.2) is 27.4 Å². The molecule has 5 nitrogen and oxygen atoms in total. The molecule has 0 bridgehead atoms. The first-order chi connectivity index (χ1) is 12.9. The molecule has 0 aliphatic rings. The number of rotatable bonds is 3. The summed E-state index contributed by atoms with van der Waals surface area (Å²) in [6.45, 7) is 0. The Bertz CT molecular complexity index is 1050. The van der Waals surface area contributed by atoms with E-state index in [2.05, 4.69) is 4.74 Å². The topological polar surface area (TPSA) is 71.7 Å². The van der Waals surface area contributed by atoms with Gasteiger partial charge in [-0.05, 0) is 41.5 Å². The highest BCUT2D eigenvalue weighted by atomic mass is 19.4. The number of halogens is 6. The summed E-state index contributed by atoms with van der Waals surface area (Å²) in [6, 6.07) is 6.53. The largest absolute Gasteiger partial charge is 0.573 e. The molecule has 0 atom stereocenters. The van der Waals surface area contributed by atoms with E-state index in [4.69, 9.17) is 5.11 Å². The van der Waals surface area contributed by atoms with Gasteiger partial charge in [0.2, 0.25) is 0 Å². The summed E-state index contributed by atoms with van der Waals surface area (Å²) in [5.41, 5.74) is -2.39. The van der Waals surface area contributed by atoms with E-state index in [-0.39, 0.29) is 15.9 Å². The summed E-state index contributed by atoms with van der Waals surface area (Å²) in [5, 5.41) is 18.4. The second-order valence-corrected chi connectivity index (χ2v) is 5.67. The van der Waals surface area contributed by atoms with Gasteiger partial charge in [-0.1, -0.05) is 12.1 Å². The van der Waals surface area contributed by atoms with Crippen LogP contribution in [0.25, 0.3) is 22.0 Å². The summed E-state index contributed by atoms with van der Waals surface area (Å²) in [6.07, 6.45) is -9.79. The van der Waals surface area contributed by atoms with Crippen LogP contribution in [0.1, 0.15) is 16.1 Å². The number of alkyl halides is 6. The zero-order valence-corrected chi connectivity index (χ0v) is 13.5. The van der Waals surface area contributed by atoms with Crippen molar-refractivity contribution in [2.24, 2.45) is 0 Å². The highest BCUT2D eigenvalue weighted by Gasteiger charge is 2.35. The van der Waals surface area contributed by atoms with Gasteiger partial charge in [0.1, 0.15) is 5.75 Å². The second-order valence-electron chi connectivity index (χ2n) is 5.67. The predicted molar refractivity (Wildman–Crippen MR) is 83.2 cm³/mol. The SMILES string of the molecule is O=C(O)c1cc2c(C(F)(F)F)cc(-c3ccc(OC(F)(F)F)cc3)cc2n1O. The number of benzene rings is 2. The molecule has 0 unspecified atom stereocenters. The van der Waals surface area contributed by atoms with Gasteiger partial charge in [0.05, 0.1) is 11.1 Å². The summed E-state index contributed by atoms with van der Waals surface area (Å²) >= 11 is 0. The molecule has 1 heterocycles. The van der Waals surface area contributed by atoms with E-state index in [0.717, 1.165) is 30.3 Å². The second kappa shape index (κ2) is 6.36. The van der Waals surface area contributed by atoms with E-state index in [1.165, 1.54) is 0 Å². The molecule has 3 rings (SSSR count). The fraction of sp³-hybridized carbons (Fsp3) is 0.118. The maximum atomic E-state index is 13.4. The number of ether oxygens (including phenoxy) is 1. The third-order valence-electron chi connectivity index (χ3n) is 3.84. The minimum Gasteiger partial charge on any atom is -0.476 e. The Labute approximate surface area is 151 Å². The number of aromatic carboxylic acids is 1. The van der Waals surface area contributed by atoms with Crippen molar-refractivity contribution in [3.05, 3.63) is 53.7 Å². The van der Waals surface area contributed by atoms with E-state index in [9.17, 15) is 36.3 Å². The molecule has 2 N–H and O–H groups in total. The van der Waals surface area contributed by atoms with Crippen molar-refractivity contribution in [2.45, 2.75) is 12.5 Å². The molecule has 2 aromatic carbocycles. The first-order valence-corrected chi connectivity index (χ1v) is 7.42. The Morgan fingerprint density at radius 2 is 1.54 bits per heavy atom. The summed E-state index contributed by atoms with van der Waals surface area (Å²) < 4.78 is 80.7. The van der Waals surface area contributed by atoms with Gasteiger partial charge in [0.15, 0.2) is 5.69 Å². The Kier molecular flexibility index (Phi) is 4.40. The van der Waals surface area contributed by atoms with Crippen LogP contribution < -0.4 is 4.74 Å². The summed E-state index contributed by atoms with van der Waals surface area (Å²) in [4.78, 5) is 11.1. The molecule has 3 aromatic rings. The summed E-state index contributed by atoms with van der Waals surface area (Å²) in [7, 11) is 0. The average Bonchev–Trinajstić information content (AvgIpc) is 2.89. The molecule has 28 heavy (non-hydrogen) atoms. The van der Waals surface area contributed by atoms with Crippen molar-refractivity contribution >= 4 is 16.9 Å². The lowest BCUT2D eigenvalue weighted by Gasteiger charge is -2.12. The third-order valence-corrected chi connectivity index (χ3v) is 3.84. The van der Waals surface area contributed by atoms with Gasteiger partial charge in [-0.3, -0.25) is 0 Å². The molecule has 0 fully saturated rings. The van der Waals surface area contributed by atoms with Crippen molar-refractivity contribution in [3.63, 3.8) is 0 Å². The molecule has 11 heteroatoms. The van der Waals surface area contributed by atoms with Crippen molar-refractivity contribution in [1.29, 1.82) is 0 Å². The van der Waals surface area contributed by atoms with Crippen LogP contribution in [0.4, 0.5) is 26.3 Å². The van der Waals surface area contributed by atoms with Crippen molar-refractivity contribution in [1.82, 2.24) is 4.73 Å². The Morgan fingerprint density at radius 1 is 0.929 bits per heavy atom. The van der Waals surface area contributed by atoms with Crippen LogP contribution in [0.5, 0.6) is 5.75 Å². The van der Waals surface area contributed by atoms with E-state index in [1.54, 1.807) is 0 Å². The highest BCUT2D eigenvalue weighted by molar-refractivity contribution is 5.97. The molecule has 0 aliphatic carbocycles. The third kappa shape index (κ3) is 3.68. The van der Waals surface area contributed by atoms with Gasteiger partial charge >= 0.3 is 18.5 Å². The normalized spacial score (nSPS) is 12.4. The van der Waals surface area contributed by atoms with Crippen LogP contribution in [0.15, 0.2) is 42.5 Å². The van der Waals surface area contributed by atoms with Crippen molar-refractivity contribution < 1.29 is 46.2 Å². The first-order valence-electron chi connectivity index (χ1n) is 7.42. The van der Waals surface area contributed by atoms with Gasteiger partial charge in [0, 0.05) is 5.39 Å². The fourth-order valence-corrected chi connectivity index (χ4v) is 2.70. The molecule has 0 aliphatic heterocycles. The minimum atomic E-state index is -4.92. The quantitative estimate of drug-likeness (QED) is 0.466. The van der Waals surface area contributed by atoms with E-state index in [0.29, 0.717) is 12.1 Å². The number of hydrogen-bond acceptors (Lipinski definition) is 3. The molecule has 0 amide bonds. The van der Waals surface area contributed by atoms with E-state index in [1.807, 2.05) is 0 Å². The predicted octanol–water partition coefficient (Wildman–Crippen LogP) is 5.16. The Balaban J connectivity index is 2.16. The van der Waals surface area contributed by atoms with Gasteiger partial charge in [0.25, 0.3) is 0 Å². The molecule has 0 radical (unpaired) electrons. The first kappa shape index (κ1) is 19.4. The molecule has 0 saturated carbocycles. The number of carboxylic acid groups (broad SMARTS) is 1.